The second-order valence-corrected chi connectivity index (χ2v) is 6.04. The van der Waals surface area contributed by atoms with Crippen molar-refractivity contribution in [1.29, 1.82) is 0 Å². The van der Waals surface area contributed by atoms with Crippen molar-refractivity contribution in [3.8, 4) is 0 Å². The van der Waals surface area contributed by atoms with Crippen LogP contribution >= 0.6 is 11.6 Å². The molecule has 0 spiro atoms. The lowest BCUT2D eigenvalue weighted by Crippen LogP contribution is -2.39. The van der Waals surface area contributed by atoms with Crippen molar-refractivity contribution in [2.45, 2.75) is 10.3 Å². The molecule has 2 aromatic carbocycles. The van der Waals surface area contributed by atoms with Gasteiger partial charge in [0.05, 0.1) is 10.8 Å². The third kappa shape index (κ3) is 3.66. The van der Waals surface area contributed by atoms with E-state index < -0.39 is 22.1 Å². The van der Waals surface area contributed by atoms with E-state index in [1.807, 2.05) is 6.07 Å². The highest BCUT2D eigenvalue weighted by Gasteiger charge is 2.22. The maximum atomic E-state index is 12.2. The number of nitrogens with one attached hydrogen (secondary N) is 1. The fourth-order valence-corrected chi connectivity index (χ4v) is 2.83. The zero-order valence-electron chi connectivity index (χ0n) is 10.5. The van der Waals surface area contributed by atoms with Crippen molar-refractivity contribution >= 4 is 34.0 Å². The number of hydrogen-bond acceptors (Lipinski definition) is 3. The van der Waals surface area contributed by atoms with Gasteiger partial charge in [-0.25, -0.2) is 0 Å². The van der Waals surface area contributed by atoms with Crippen molar-refractivity contribution in [3.05, 3.63) is 59.6 Å². The molecule has 2 unspecified atom stereocenters. The van der Waals surface area contributed by atoms with Crippen LogP contribution in [0, 0.1) is 0 Å². The fourth-order valence-electron chi connectivity index (χ4n) is 1.57. The summed E-state index contributed by atoms with van der Waals surface area (Å²) in [5.41, 5.74) is 6.34. The average Bonchev–Trinajstić information content (AvgIpc) is 2.46. The van der Waals surface area contributed by atoms with E-state index in [2.05, 4.69) is 5.32 Å². The van der Waals surface area contributed by atoms with Crippen LogP contribution in [0.4, 0.5) is 5.69 Å². The summed E-state index contributed by atoms with van der Waals surface area (Å²) in [4.78, 5) is 12.4. The van der Waals surface area contributed by atoms with Gasteiger partial charge in [0.2, 0.25) is 0 Å². The molecule has 0 heterocycles. The van der Waals surface area contributed by atoms with E-state index in [0.29, 0.717) is 15.6 Å². The number of carbonyl (C=O) groups excluding carboxylic acids is 1. The first-order valence-corrected chi connectivity index (χ1v) is 7.44. The lowest BCUT2D eigenvalue weighted by Gasteiger charge is -2.12. The Morgan fingerprint density at radius 3 is 2.50 bits per heavy atom. The summed E-state index contributed by atoms with van der Waals surface area (Å²) >= 11 is 5.83. The molecule has 0 aliphatic carbocycles. The second kappa shape index (κ2) is 6.65. The third-order valence-corrected chi connectivity index (χ3v) is 4.19. The number of anilines is 1. The SMILES string of the molecule is NC(C(=O)Nc1ccccc1)S(=O)c1cccc(Cl)c1. The van der Waals surface area contributed by atoms with Crippen molar-refractivity contribution in [2.75, 3.05) is 5.32 Å². The zero-order valence-corrected chi connectivity index (χ0v) is 12.0. The monoisotopic (exact) mass is 308 g/mol. The molecule has 0 bridgehead atoms. The molecule has 0 fully saturated rings. The molecule has 3 N–H and O–H groups in total. The summed E-state index contributed by atoms with van der Waals surface area (Å²) in [6.45, 7) is 0. The number of hydrogen-bond donors (Lipinski definition) is 2. The maximum absolute atomic E-state index is 12.2. The molecule has 2 aromatic rings. The number of nitrogens with two attached hydrogens (primary N) is 1. The van der Waals surface area contributed by atoms with Crippen molar-refractivity contribution in [1.82, 2.24) is 0 Å². The Kier molecular flexibility index (Phi) is 4.89. The van der Waals surface area contributed by atoms with E-state index in [0.717, 1.165) is 0 Å². The number of amides is 1. The minimum atomic E-state index is -1.66. The van der Waals surface area contributed by atoms with Crippen LogP contribution in [0.1, 0.15) is 0 Å². The van der Waals surface area contributed by atoms with Crippen LogP contribution < -0.4 is 11.1 Å². The van der Waals surface area contributed by atoms with Crippen LogP contribution in [0.25, 0.3) is 0 Å². The number of halogens is 1. The number of rotatable bonds is 4. The van der Waals surface area contributed by atoms with Gasteiger partial charge >= 0.3 is 0 Å². The molecule has 1 amide bonds. The van der Waals surface area contributed by atoms with E-state index in [4.69, 9.17) is 17.3 Å². The van der Waals surface area contributed by atoms with Crippen LogP contribution in [-0.4, -0.2) is 15.5 Å². The quantitative estimate of drug-likeness (QED) is 0.911. The van der Waals surface area contributed by atoms with E-state index in [9.17, 15) is 9.00 Å². The van der Waals surface area contributed by atoms with Crippen molar-refractivity contribution < 1.29 is 9.00 Å². The molecule has 0 aliphatic rings. The van der Waals surface area contributed by atoms with Crippen LogP contribution in [0.15, 0.2) is 59.5 Å². The average molecular weight is 309 g/mol. The molecule has 2 rings (SSSR count). The highest BCUT2D eigenvalue weighted by Crippen LogP contribution is 2.16. The van der Waals surface area contributed by atoms with E-state index >= 15 is 0 Å². The van der Waals surface area contributed by atoms with Crippen LogP contribution in [0.3, 0.4) is 0 Å². The van der Waals surface area contributed by atoms with Gasteiger partial charge < -0.3 is 11.1 Å². The summed E-state index contributed by atoms with van der Waals surface area (Å²) in [5, 5.41) is 1.91. The van der Waals surface area contributed by atoms with Gasteiger partial charge in [0.1, 0.15) is 0 Å². The molecule has 0 radical (unpaired) electrons. The first-order chi connectivity index (χ1) is 9.58. The van der Waals surface area contributed by atoms with Crippen LogP contribution in [-0.2, 0) is 15.6 Å². The van der Waals surface area contributed by atoms with Gasteiger partial charge in [-0.2, -0.15) is 0 Å². The predicted octanol–water partition coefficient (Wildman–Crippen LogP) is 2.37. The van der Waals surface area contributed by atoms with Gasteiger partial charge in [-0.05, 0) is 30.3 Å². The normalized spacial score (nSPS) is 13.5. The largest absolute Gasteiger partial charge is 0.324 e. The van der Waals surface area contributed by atoms with Gasteiger partial charge in [-0.1, -0.05) is 35.9 Å². The van der Waals surface area contributed by atoms with Crippen LogP contribution in [0.2, 0.25) is 5.02 Å². The molecule has 0 saturated heterocycles. The Labute approximate surface area is 124 Å². The maximum Gasteiger partial charge on any atom is 0.254 e. The first kappa shape index (κ1) is 14.7. The number of carbonyl (C=O) groups is 1. The lowest BCUT2D eigenvalue weighted by atomic mass is 10.3. The van der Waals surface area contributed by atoms with Gasteiger partial charge in [0.25, 0.3) is 5.91 Å². The molecule has 20 heavy (non-hydrogen) atoms. The Morgan fingerprint density at radius 2 is 1.85 bits per heavy atom. The minimum absolute atomic E-state index is 0.424. The number of para-hydroxylation sites is 1. The highest BCUT2D eigenvalue weighted by atomic mass is 35.5. The molecule has 6 heteroatoms. The lowest BCUT2D eigenvalue weighted by molar-refractivity contribution is -0.115. The van der Waals surface area contributed by atoms with E-state index in [1.165, 1.54) is 6.07 Å². The summed E-state index contributed by atoms with van der Waals surface area (Å²) in [5.74, 6) is -0.505. The standard InChI is InChI=1S/C14H13ClN2O2S/c15-10-5-4-8-12(9-10)20(19)13(16)14(18)17-11-6-2-1-3-7-11/h1-9,13H,16H2,(H,17,18). The molecular weight excluding hydrogens is 296 g/mol. The van der Waals surface area contributed by atoms with E-state index in [1.54, 1.807) is 42.5 Å². The Balaban J connectivity index is 2.09. The molecule has 0 aliphatic heterocycles. The van der Waals surface area contributed by atoms with Crippen molar-refractivity contribution in [3.63, 3.8) is 0 Å². The van der Waals surface area contributed by atoms with E-state index in [-0.39, 0.29) is 0 Å². The van der Waals surface area contributed by atoms with Crippen LogP contribution in [0.5, 0.6) is 0 Å². The number of benzene rings is 2. The molecule has 2 atom stereocenters. The smallest absolute Gasteiger partial charge is 0.254 e. The molecule has 104 valence electrons. The Hall–Kier alpha value is -1.69. The summed E-state index contributed by atoms with van der Waals surface area (Å²) in [6.07, 6.45) is 0. The molecule has 0 saturated carbocycles. The Bertz CT molecular complexity index is 634. The van der Waals surface area contributed by atoms with Gasteiger partial charge in [0.15, 0.2) is 5.37 Å². The van der Waals surface area contributed by atoms with Crippen molar-refractivity contribution in [2.24, 2.45) is 5.73 Å². The molecule has 4 nitrogen and oxygen atoms in total. The van der Waals surface area contributed by atoms with Gasteiger partial charge in [-0.3, -0.25) is 9.00 Å². The Morgan fingerprint density at radius 1 is 1.15 bits per heavy atom. The highest BCUT2D eigenvalue weighted by molar-refractivity contribution is 7.86. The molecular formula is C14H13ClN2O2S. The van der Waals surface area contributed by atoms with Gasteiger partial charge in [-0.15, -0.1) is 0 Å². The minimum Gasteiger partial charge on any atom is -0.324 e. The zero-order chi connectivity index (χ0) is 14.5. The summed E-state index contributed by atoms with van der Waals surface area (Å²) < 4.78 is 12.2. The fraction of sp³-hybridized carbons (Fsp3) is 0.0714. The second-order valence-electron chi connectivity index (χ2n) is 4.03. The topological polar surface area (TPSA) is 72.2 Å². The molecule has 0 aromatic heterocycles. The summed E-state index contributed by atoms with van der Waals surface area (Å²) in [6, 6.07) is 15.4. The predicted molar refractivity (Wildman–Crippen MR) is 80.9 cm³/mol. The van der Waals surface area contributed by atoms with Gasteiger partial charge in [0, 0.05) is 15.6 Å². The summed E-state index contributed by atoms with van der Waals surface area (Å²) in [7, 11) is -1.66. The third-order valence-electron chi connectivity index (χ3n) is 2.56. The first-order valence-electron chi connectivity index (χ1n) is 5.85.